The molecule has 2 aromatic rings. The van der Waals surface area contributed by atoms with Crippen LogP contribution in [0, 0.1) is 0 Å². The van der Waals surface area contributed by atoms with Crippen LogP contribution in [0.25, 0.3) is 0 Å². The van der Waals surface area contributed by atoms with Crippen molar-refractivity contribution in [2.75, 3.05) is 5.75 Å². The second kappa shape index (κ2) is 5.79. The van der Waals surface area contributed by atoms with E-state index < -0.39 is 0 Å². The summed E-state index contributed by atoms with van der Waals surface area (Å²) in [7, 11) is 1.87. The van der Waals surface area contributed by atoms with Crippen molar-refractivity contribution in [1.29, 1.82) is 0 Å². The molecule has 0 saturated carbocycles. The van der Waals surface area contributed by atoms with Gasteiger partial charge in [0.15, 0.2) is 4.80 Å². The third kappa shape index (κ3) is 3.54. The fraction of sp³-hybridized carbons (Fsp3) is 0.182. The van der Waals surface area contributed by atoms with Gasteiger partial charge >= 0.3 is 0 Å². The number of hydrogen-bond donors (Lipinski definition) is 0. The molecule has 0 aliphatic heterocycles. The molecule has 4 nitrogen and oxygen atoms in total. The Kier molecular flexibility index (Phi) is 4.11. The molecule has 0 aliphatic rings. The second-order valence-electron chi connectivity index (χ2n) is 3.27. The fourth-order valence-electron chi connectivity index (χ4n) is 1.15. The zero-order valence-electron chi connectivity index (χ0n) is 9.24. The third-order valence-electron chi connectivity index (χ3n) is 1.99. The smallest absolute Gasteiger partial charge is 0.258 e. The predicted octanol–water partition coefficient (Wildman–Crippen LogP) is 1.70. The average molecular weight is 265 g/mol. The van der Waals surface area contributed by atoms with Gasteiger partial charge in [-0.15, -0.1) is 23.1 Å². The lowest BCUT2D eigenvalue weighted by molar-refractivity contribution is -0.115. The normalized spacial score (nSPS) is 11.7. The van der Waals surface area contributed by atoms with Crippen LogP contribution < -0.4 is 4.80 Å². The average Bonchev–Trinajstić information content (AvgIpc) is 2.74. The first-order valence-electron chi connectivity index (χ1n) is 4.96. The van der Waals surface area contributed by atoms with Crippen LogP contribution in [0.4, 0.5) is 0 Å². The van der Waals surface area contributed by atoms with E-state index in [1.54, 1.807) is 12.4 Å². The highest BCUT2D eigenvalue weighted by molar-refractivity contribution is 8.00. The zero-order valence-corrected chi connectivity index (χ0v) is 10.9. The molecule has 0 aliphatic carbocycles. The minimum Gasteiger partial charge on any atom is -0.327 e. The monoisotopic (exact) mass is 265 g/mol. The summed E-state index contributed by atoms with van der Waals surface area (Å²) in [5.74, 6) is 0.229. The molecule has 0 fully saturated rings. The molecule has 0 atom stereocenters. The maximum Gasteiger partial charge on any atom is 0.258 e. The summed E-state index contributed by atoms with van der Waals surface area (Å²) < 4.78 is 1.83. The van der Waals surface area contributed by atoms with E-state index in [0.717, 1.165) is 9.70 Å². The maximum absolute atomic E-state index is 11.6. The molecular weight excluding hydrogens is 254 g/mol. The summed E-state index contributed by atoms with van der Waals surface area (Å²) in [6, 6.07) is 3.76. The van der Waals surface area contributed by atoms with E-state index in [0.29, 0.717) is 5.75 Å². The first-order chi connectivity index (χ1) is 8.25. The van der Waals surface area contributed by atoms with Gasteiger partial charge in [-0.1, -0.05) is 0 Å². The van der Waals surface area contributed by atoms with Crippen LogP contribution in [0.5, 0.6) is 0 Å². The quantitative estimate of drug-likeness (QED) is 0.794. The molecule has 88 valence electrons. The number of carbonyl (C=O) groups excluding carboxylic acids is 1. The van der Waals surface area contributed by atoms with Gasteiger partial charge < -0.3 is 4.57 Å². The molecule has 0 N–H and O–H groups in total. The number of amides is 1. The Morgan fingerprint density at radius 3 is 2.94 bits per heavy atom. The summed E-state index contributed by atoms with van der Waals surface area (Å²) in [6.45, 7) is 0. The molecule has 0 radical (unpaired) electrons. The third-order valence-corrected chi connectivity index (χ3v) is 3.84. The number of thioether (sulfide) groups is 1. The Bertz CT molecular complexity index is 559. The highest BCUT2D eigenvalue weighted by Crippen LogP contribution is 2.15. The van der Waals surface area contributed by atoms with E-state index in [2.05, 4.69) is 9.98 Å². The highest BCUT2D eigenvalue weighted by Gasteiger charge is 2.01. The largest absolute Gasteiger partial charge is 0.327 e. The Morgan fingerprint density at radius 1 is 1.53 bits per heavy atom. The van der Waals surface area contributed by atoms with Crippen molar-refractivity contribution in [2.24, 2.45) is 12.0 Å². The van der Waals surface area contributed by atoms with E-state index in [9.17, 15) is 4.79 Å². The van der Waals surface area contributed by atoms with Gasteiger partial charge in [-0.05, 0) is 12.1 Å². The van der Waals surface area contributed by atoms with Gasteiger partial charge in [0, 0.05) is 35.9 Å². The summed E-state index contributed by atoms with van der Waals surface area (Å²) in [5, 5.41) is 1.90. The molecule has 2 aromatic heterocycles. The van der Waals surface area contributed by atoms with Gasteiger partial charge in [-0.2, -0.15) is 4.99 Å². The first kappa shape index (κ1) is 12.1. The van der Waals surface area contributed by atoms with Crippen molar-refractivity contribution in [1.82, 2.24) is 9.55 Å². The van der Waals surface area contributed by atoms with Crippen molar-refractivity contribution in [3.8, 4) is 0 Å². The number of rotatable bonds is 3. The summed E-state index contributed by atoms with van der Waals surface area (Å²) in [4.78, 5) is 21.3. The maximum atomic E-state index is 11.6. The molecule has 2 rings (SSSR count). The molecule has 0 unspecified atom stereocenters. The van der Waals surface area contributed by atoms with Crippen molar-refractivity contribution in [3.63, 3.8) is 0 Å². The first-order valence-corrected chi connectivity index (χ1v) is 6.83. The van der Waals surface area contributed by atoms with Gasteiger partial charge in [-0.25, -0.2) is 0 Å². The summed E-state index contributed by atoms with van der Waals surface area (Å²) >= 11 is 2.92. The lowest BCUT2D eigenvalue weighted by Gasteiger charge is -1.96. The number of aryl methyl sites for hydroxylation is 1. The van der Waals surface area contributed by atoms with Crippen molar-refractivity contribution < 1.29 is 4.79 Å². The molecule has 1 amide bonds. The second-order valence-corrected chi connectivity index (χ2v) is 5.20. The molecule has 0 bridgehead atoms. The summed E-state index contributed by atoms with van der Waals surface area (Å²) in [6.07, 6.45) is 5.30. The Hall–Kier alpha value is -1.40. The van der Waals surface area contributed by atoms with Crippen LogP contribution in [0.3, 0.4) is 0 Å². The fourth-order valence-corrected chi connectivity index (χ4v) is 2.57. The lowest BCUT2D eigenvalue weighted by Crippen LogP contribution is -2.13. The van der Waals surface area contributed by atoms with E-state index in [4.69, 9.17) is 0 Å². The minimum atomic E-state index is -0.120. The van der Waals surface area contributed by atoms with E-state index in [1.807, 2.05) is 35.3 Å². The van der Waals surface area contributed by atoms with Gasteiger partial charge in [-0.3, -0.25) is 9.78 Å². The van der Waals surface area contributed by atoms with Crippen molar-refractivity contribution >= 4 is 29.0 Å². The van der Waals surface area contributed by atoms with Crippen molar-refractivity contribution in [3.05, 3.63) is 40.9 Å². The van der Waals surface area contributed by atoms with Gasteiger partial charge in [0.2, 0.25) is 0 Å². The number of aromatic nitrogens is 2. The molecule has 2 heterocycles. The number of pyridine rings is 1. The van der Waals surface area contributed by atoms with Crippen LogP contribution in [0.15, 0.2) is 46.0 Å². The predicted molar refractivity (Wildman–Crippen MR) is 68.8 cm³/mol. The Balaban J connectivity index is 1.98. The van der Waals surface area contributed by atoms with Crippen LogP contribution in [-0.4, -0.2) is 21.2 Å². The lowest BCUT2D eigenvalue weighted by atomic mass is 10.5. The van der Waals surface area contributed by atoms with Crippen LogP contribution >= 0.6 is 23.1 Å². The molecule has 0 aromatic carbocycles. The summed E-state index contributed by atoms with van der Waals surface area (Å²) in [5.41, 5.74) is 0. The van der Waals surface area contributed by atoms with Gasteiger partial charge in [0.25, 0.3) is 5.91 Å². The molecular formula is C11H11N3OS2. The SMILES string of the molecule is Cn1ccsc1=NC(=O)CSc1ccncc1. The van der Waals surface area contributed by atoms with Gasteiger partial charge in [0.1, 0.15) is 0 Å². The Labute approximate surface area is 107 Å². The van der Waals surface area contributed by atoms with E-state index in [1.165, 1.54) is 23.1 Å². The number of hydrogen-bond acceptors (Lipinski definition) is 4. The minimum absolute atomic E-state index is 0.120. The Morgan fingerprint density at radius 2 is 2.29 bits per heavy atom. The van der Waals surface area contributed by atoms with Crippen molar-refractivity contribution in [2.45, 2.75) is 4.90 Å². The topological polar surface area (TPSA) is 47.2 Å². The molecule has 17 heavy (non-hydrogen) atoms. The standard InChI is InChI=1S/C11H11N3OS2/c1-14-6-7-16-11(14)13-10(15)8-17-9-2-4-12-5-3-9/h2-7H,8H2,1H3. The highest BCUT2D eigenvalue weighted by atomic mass is 32.2. The van der Waals surface area contributed by atoms with Crippen LogP contribution in [-0.2, 0) is 11.8 Å². The van der Waals surface area contributed by atoms with Crippen LogP contribution in [0.2, 0.25) is 0 Å². The van der Waals surface area contributed by atoms with Crippen LogP contribution in [0.1, 0.15) is 0 Å². The number of thiazole rings is 1. The number of carbonyl (C=O) groups is 1. The molecule has 0 spiro atoms. The van der Waals surface area contributed by atoms with E-state index in [-0.39, 0.29) is 5.91 Å². The number of nitrogens with zero attached hydrogens (tertiary/aromatic N) is 3. The zero-order chi connectivity index (χ0) is 12.1. The van der Waals surface area contributed by atoms with Gasteiger partial charge in [0.05, 0.1) is 5.75 Å². The molecule has 0 saturated heterocycles. The van der Waals surface area contributed by atoms with E-state index >= 15 is 0 Å². The molecule has 6 heteroatoms.